The summed E-state index contributed by atoms with van der Waals surface area (Å²) in [6.07, 6.45) is -4.43. The van der Waals surface area contributed by atoms with Gasteiger partial charge in [-0.2, -0.15) is 13.2 Å². The number of hydrogen-bond acceptors (Lipinski definition) is 8. The van der Waals surface area contributed by atoms with Crippen molar-refractivity contribution in [3.05, 3.63) is 94.0 Å². The number of amides is 2. The second kappa shape index (κ2) is 17.9. The lowest BCUT2D eigenvalue weighted by molar-refractivity contribution is -0.137. The molecule has 1 aromatic heterocycles. The highest BCUT2D eigenvalue weighted by Gasteiger charge is 2.30. The maximum Gasteiger partial charge on any atom is 0.416 e. The number of rotatable bonds is 16. The summed E-state index contributed by atoms with van der Waals surface area (Å²) in [5.74, 6) is 0.232. The average Bonchev–Trinajstić information content (AvgIpc) is 3.46. The van der Waals surface area contributed by atoms with Crippen molar-refractivity contribution < 1.29 is 41.7 Å². The first-order valence-electron chi connectivity index (χ1n) is 16.1. The van der Waals surface area contributed by atoms with E-state index >= 15 is 0 Å². The van der Waals surface area contributed by atoms with E-state index in [0.29, 0.717) is 67.8 Å². The highest BCUT2D eigenvalue weighted by Crippen LogP contribution is 2.30. The van der Waals surface area contributed by atoms with Crippen LogP contribution in [0.3, 0.4) is 0 Å². The maximum absolute atomic E-state index is 13.5. The largest absolute Gasteiger partial charge is 0.491 e. The van der Waals surface area contributed by atoms with E-state index < -0.39 is 29.3 Å². The Balaban J connectivity index is 1.28. The van der Waals surface area contributed by atoms with Crippen molar-refractivity contribution >= 4 is 46.3 Å². The van der Waals surface area contributed by atoms with Gasteiger partial charge in [0.25, 0.3) is 5.91 Å². The normalized spacial score (nSPS) is 12.4. The zero-order valence-corrected chi connectivity index (χ0v) is 29.2. The van der Waals surface area contributed by atoms with Gasteiger partial charge in [0.2, 0.25) is 5.95 Å². The number of H-pyrrole nitrogens is 1. The van der Waals surface area contributed by atoms with E-state index in [4.69, 9.17) is 36.3 Å². The number of alkyl halides is 3. The standard InChI is InChI=1S/C36H41ClF3N5O6/c1-35(2,3)51-34(47)42-16-17-48-18-19-49-20-21-50-27-12-4-23(5-13-27)6-14-28(31(41)24-7-9-25(10-8-24)36(38,39)40)32(46)45-33-43-29-15-11-26(37)22-30(29)44-33/h4-5,7-13,15,22H,6,14,16-21,41H2,1-3H3,(H,42,47)(H2,43,44,45,46)/b31-28-. The molecule has 0 fully saturated rings. The number of carbonyl (C=O) groups excluding carboxylic acids is 2. The Morgan fingerprint density at radius 2 is 1.57 bits per heavy atom. The van der Waals surface area contributed by atoms with Crippen LogP contribution in [0.5, 0.6) is 5.75 Å². The lowest BCUT2D eigenvalue weighted by Gasteiger charge is -2.19. The summed E-state index contributed by atoms with van der Waals surface area (Å²) in [6, 6.07) is 16.6. The zero-order chi connectivity index (χ0) is 37.0. The number of imidazole rings is 1. The number of carbonyl (C=O) groups is 2. The van der Waals surface area contributed by atoms with Crippen molar-refractivity contribution in [2.24, 2.45) is 5.73 Å². The van der Waals surface area contributed by atoms with Crippen LogP contribution < -0.4 is 21.1 Å². The summed E-state index contributed by atoms with van der Waals surface area (Å²) in [5.41, 5.74) is 7.60. The van der Waals surface area contributed by atoms with Crippen LogP contribution in [-0.4, -0.2) is 67.1 Å². The summed E-state index contributed by atoms with van der Waals surface area (Å²) < 4.78 is 61.3. The van der Waals surface area contributed by atoms with Crippen molar-refractivity contribution in [1.82, 2.24) is 15.3 Å². The van der Waals surface area contributed by atoms with Crippen LogP contribution in [-0.2, 0) is 31.6 Å². The van der Waals surface area contributed by atoms with Crippen LogP contribution >= 0.6 is 11.6 Å². The third kappa shape index (κ3) is 12.8. The first-order valence-corrected chi connectivity index (χ1v) is 16.5. The fourth-order valence-corrected chi connectivity index (χ4v) is 4.88. The SMILES string of the molecule is CC(C)(C)OC(=O)NCCOCCOCCOc1ccc(CC/C(C(=O)Nc2nc3ccc(Cl)cc3[nH]2)=C(/N)c2ccc(C(F)(F)F)cc2)cc1. The van der Waals surface area contributed by atoms with Crippen molar-refractivity contribution in [2.45, 2.75) is 45.4 Å². The first-order chi connectivity index (χ1) is 24.2. The third-order valence-corrected chi connectivity index (χ3v) is 7.40. The molecule has 4 aromatic rings. The molecule has 15 heteroatoms. The van der Waals surface area contributed by atoms with Crippen LogP contribution in [0, 0.1) is 0 Å². The smallest absolute Gasteiger partial charge is 0.416 e. The number of nitrogens with zero attached hydrogens (tertiary/aromatic N) is 1. The van der Waals surface area contributed by atoms with E-state index in [9.17, 15) is 22.8 Å². The van der Waals surface area contributed by atoms with Gasteiger partial charge in [0.05, 0.1) is 43.0 Å². The van der Waals surface area contributed by atoms with E-state index in [1.807, 2.05) is 12.1 Å². The summed E-state index contributed by atoms with van der Waals surface area (Å²) >= 11 is 6.06. The van der Waals surface area contributed by atoms with Crippen LogP contribution in [0.4, 0.5) is 23.9 Å². The minimum Gasteiger partial charge on any atom is -0.491 e. The second-order valence-corrected chi connectivity index (χ2v) is 12.8. The quantitative estimate of drug-likeness (QED) is 0.0704. The number of alkyl carbamates (subject to hydrolysis) is 1. The van der Waals surface area contributed by atoms with E-state index in [1.54, 1.807) is 51.1 Å². The van der Waals surface area contributed by atoms with Gasteiger partial charge in [-0.3, -0.25) is 10.1 Å². The summed E-state index contributed by atoms with van der Waals surface area (Å²) in [7, 11) is 0. The van der Waals surface area contributed by atoms with Gasteiger partial charge in [-0.05, 0) is 87.2 Å². The molecule has 0 saturated carbocycles. The van der Waals surface area contributed by atoms with Crippen molar-refractivity contribution in [2.75, 3.05) is 44.9 Å². The maximum atomic E-state index is 13.5. The minimum absolute atomic E-state index is 0.0446. The Labute approximate surface area is 298 Å². The Hall–Kier alpha value is -4.79. The summed E-state index contributed by atoms with van der Waals surface area (Å²) in [5, 5.41) is 5.82. The first kappa shape index (κ1) is 39.0. The lowest BCUT2D eigenvalue weighted by atomic mass is 9.98. The molecule has 0 saturated heterocycles. The molecular weight excluding hydrogens is 691 g/mol. The molecule has 11 nitrogen and oxygen atoms in total. The lowest BCUT2D eigenvalue weighted by Crippen LogP contribution is -2.34. The van der Waals surface area contributed by atoms with Gasteiger partial charge in [0, 0.05) is 22.8 Å². The van der Waals surface area contributed by atoms with Gasteiger partial charge in [-0.25, -0.2) is 9.78 Å². The number of halogens is 4. The molecule has 1 heterocycles. The van der Waals surface area contributed by atoms with Crippen molar-refractivity contribution in [1.29, 1.82) is 0 Å². The summed E-state index contributed by atoms with van der Waals surface area (Å²) in [6.45, 7) is 7.38. The van der Waals surface area contributed by atoms with Crippen molar-refractivity contribution in [3.8, 4) is 5.75 Å². The molecule has 0 aliphatic heterocycles. The fourth-order valence-electron chi connectivity index (χ4n) is 4.71. The number of nitrogens with one attached hydrogen (secondary N) is 3. The van der Waals surface area contributed by atoms with Gasteiger partial charge in [-0.1, -0.05) is 35.9 Å². The molecule has 0 bridgehead atoms. The van der Waals surface area contributed by atoms with Crippen LogP contribution in [0.2, 0.25) is 5.02 Å². The molecule has 2 amide bonds. The minimum atomic E-state index is -4.51. The van der Waals surface area contributed by atoms with Gasteiger partial charge < -0.3 is 35.0 Å². The Morgan fingerprint density at radius 3 is 2.24 bits per heavy atom. The molecule has 274 valence electrons. The number of aromatic amines is 1. The number of aromatic nitrogens is 2. The van der Waals surface area contributed by atoms with Gasteiger partial charge >= 0.3 is 12.3 Å². The van der Waals surface area contributed by atoms with Gasteiger partial charge in [0.1, 0.15) is 18.0 Å². The number of hydrogen-bond donors (Lipinski definition) is 4. The number of aryl methyl sites for hydroxylation is 1. The van der Waals surface area contributed by atoms with Crippen LogP contribution in [0.25, 0.3) is 16.7 Å². The topological polar surface area (TPSA) is 150 Å². The third-order valence-electron chi connectivity index (χ3n) is 7.17. The fraction of sp³-hybridized carbons (Fsp3) is 0.361. The number of benzene rings is 3. The zero-order valence-electron chi connectivity index (χ0n) is 28.5. The molecule has 0 aliphatic rings. The van der Waals surface area contributed by atoms with E-state index in [-0.39, 0.29) is 29.2 Å². The Bertz CT molecular complexity index is 1790. The molecule has 0 unspecified atom stereocenters. The molecule has 3 aromatic carbocycles. The van der Waals surface area contributed by atoms with Gasteiger partial charge in [-0.15, -0.1) is 0 Å². The van der Waals surface area contributed by atoms with E-state index in [1.165, 1.54) is 12.1 Å². The molecule has 51 heavy (non-hydrogen) atoms. The second-order valence-electron chi connectivity index (χ2n) is 12.3. The highest BCUT2D eigenvalue weighted by atomic mass is 35.5. The Kier molecular flexibility index (Phi) is 13.7. The monoisotopic (exact) mass is 731 g/mol. The number of ether oxygens (including phenoxy) is 4. The van der Waals surface area contributed by atoms with Gasteiger partial charge in [0.15, 0.2) is 0 Å². The molecule has 0 aliphatic carbocycles. The molecule has 0 spiro atoms. The Morgan fingerprint density at radius 1 is 0.902 bits per heavy atom. The highest BCUT2D eigenvalue weighted by molar-refractivity contribution is 6.31. The average molecular weight is 732 g/mol. The van der Waals surface area contributed by atoms with Crippen molar-refractivity contribution in [3.63, 3.8) is 0 Å². The predicted molar refractivity (Wildman–Crippen MR) is 188 cm³/mol. The van der Waals surface area contributed by atoms with E-state index in [2.05, 4.69) is 20.6 Å². The molecule has 4 rings (SSSR count). The predicted octanol–water partition coefficient (Wildman–Crippen LogP) is 7.11. The van der Waals surface area contributed by atoms with E-state index in [0.717, 1.165) is 17.7 Å². The molecule has 5 N–H and O–H groups in total. The molecule has 0 radical (unpaired) electrons. The molecular formula is C36H41ClF3N5O6. The van der Waals surface area contributed by atoms with Crippen LogP contribution in [0.1, 0.15) is 43.9 Å². The van der Waals surface area contributed by atoms with Crippen LogP contribution in [0.15, 0.2) is 72.3 Å². The number of fused-ring (bicyclic) bond motifs is 1. The molecule has 0 atom stereocenters. The number of nitrogens with two attached hydrogens (primary N) is 1. The number of anilines is 1. The summed E-state index contributed by atoms with van der Waals surface area (Å²) in [4.78, 5) is 32.5.